The van der Waals surface area contributed by atoms with Crippen LogP contribution in [0.2, 0.25) is 0 Å². The maximum atomic E-state index is 12.4. The molecule has 0 saturated carbocycles. The molecule has 3 amide bonds. The van der Waals surface area contributed by atoms with Crippen LogP contribution in [-0.2, 0) is 17.9 Å². The molecule has 1 heterocycles. The van der Waals surface area contributed by atoms with Crippen molar-refractivity contribution in [1.29, 1.82) is 0 Å². The second-order valence-electron chi connectivity index (χ2n) is 6.25. The number of urea groups is 1. The average Bonchev–Trinajstić information content (AvgIpc) is 3.20. The van der Waals surface area contributed by atoms with E-state index in [9.17, 15) is 9.59 Å². The summed E-state index contributed by atoms with van der Waals surface area (Å²) in [5.74, 6) is -0.176. The van der Waals surface area contributed by atoms with Crippen molar-refractivity contribution in [3.63, 3.8) is 0 Å². The van der Waals surface area contributed by atoms with E-state index in [0.29, 0.717) is 35.3 Å². The summed E-state index contributed by atoms with van der Waals surface area (Å²) in [6, 6.07) is 20.2. The molecule has 1 aromatic heterocycles. The Bertz CT molecular complexity index is 939. The van der Waals surface area contributed by atoms with Crippen molar-refractivity contribution in [1.82, 2.24) is 5.32 Å². The molecule has 3 rings (SSSR count). The van der Waals surface area contributed by atoms with E-state index in [-0.39, 0.29) is 11.9 Å². The van der Waals surface area contributed by atoms with Gasteiger partial charge < -0.3 is 15.4 Å². The molecular formula is C22H23N3O3S. The molecule has 0 saturated heterocycles. The van der Waals surface area contributed by atoms with Gasteiger partial charge in [-0.05, 0) is 42.3 Å². The Kier molecular flexibility index (Phi) is 7.38. The van der Waals surface area contributed by atoms with Gasteiger partial charge in [-0.15, -0.1) is 11.3 Å². The smallest absolute Gasteiger partial charge is 0.324 e. The van der Waals surface area contributed by atoms with Crippen molar-refractivity contribution < 1.29 is 14.3 Å². The van der Waals surface area contributed by atoms with Gasteiger partial charge in [-0.3, -0.25) is 10.1 Å². The zero-order valence-corrected chi connectivity index (χ0v) is 16.9. The van der Waals surface area contributed by atoms with Crippen LogP contribution < -0.4 is 16.0 Å². The number of para-hydroxylation sites is 1. The number of anilines is 2. The Balaban J connectivity index is 1.48. The van der Waals surface area contributed by atoms with Crippen LogP contribution in [0.15, 0.2) is 66.7 Å². The summed E-state index contributed by atoms with van der Waals surface area (Å²) in [6.45, 7) is 3.67. The number of nitrogens with one attached hydrogen (secondary N) is 3. The molecule has 0 unspecified atom stereocenters. The van der Waals surface area contributed by atoms with Crippen LogP contribution >= 0.6 is 11.3 Å². The first kappa shape index (κ1) is 20.6. The number of carbonyl (C=O) groups is 2. The molecule has 0 aliphatic heterocycles. The molecular weight excluding hydrogens is 386 g/mol. The third-order valence-corrected chi connectivity index (χ3v) is 5.05. The second kappa shape index (κ2) is 10.4. The molecule has 0 bridgehead atoms. The topological polar surface area (TPSA) is 79.5 Å². The summed E-state index contributed by atoms with van der Waals surface area (Å²) in [6.07, 6.45) is 0. The minimum Gasteiger partial charge on any atom is -0.377 e. The van der Waals surface area contributed by atoms with E-state index in [4.69, 9.17) is 4.74 Å². The number of benzene rings is 2. The summed E-state index contributed by atoms with van der Waals surface area (Å²) >= 11 is 1.23. The molecule has 0 atom stereocenters. The predicted molar refractivity (Wildman–Crippen MR) is 116 cm³/mol. The first-order chi connectivity index (χ1) is 14.1. The lowest BCUT2D eigenvalue weighted by Crippen LogP contribution is -2.21. The highest BCUT2D eigenvalue weighted by atomic mass is 32.1. The van der Waals surface area contributed by atoms with Gasteiger partial charge in [0.1, 0.15) is 0 Å². The number of rotatable bonds is 8. The number of hydrogen-bond acceptors (Lipinski definition) is 4. The SMILES string of the molecule is CCOCc1ccc(CNC(=O)c2ccc(NC(=O)Nc3ccccc3)s2)cc1. The molecule has 7 heteroatoms. The van der Waals surface area contributed by atoms with Crippen molar-refractivity contribution in [3.8, 4) is 0 Å². The van der Waals surface area contributed by atoms with E-state index in [1.54, 1.807) is 24.3 Å². The van der Waals surface area contributed by atoms with Gasteiger partial charge in [-0.2, -0.15) is 0 Å². The van der Waals surface area contributed by atoms with E-state index in [1.165, 1.54) is 11.3 Å². The van der Waals surface area contributed by atoms with E-state index >= 15 is 0 Å². The maximum Gasteiger partial charge on any atom is 0.324 e. The molecule has 0 radical (unpaired) electrons. The lowest BCUT2D eigenvalue weighted by Gasteiger charge is -2.06. The largest absolute Gasteiger partial charge is 0.377 e. The molecule has 3 N–H and O–H groups in total. The molecule has 2 aromatic carbocycles. The van der Waals surface area contributed by atoms with E-state index in [1.807, 2.05) is 49.4 Å². The van der Waals surface area contributed by atoms with Crippen LogP contribution in [0.4, 0.5) is 15.5 Å². The van der Waals surface area contributed by atoms with Crippen molar-refractivity contribution in [2.45, 2.75) is 20.1 Å². The van der Waals surface area contributed by atoms with Crippen molar-refractivity contribution in [3.05, 3.63) is 82.7 Å². The molecule has 150 valence electrons. The molecule has 0 aliphatic carbocycles. The number of amides is 3. The van der Waals surface area contributed by atoms with Gasteiger partial charge in [0.25, 0.3) is 5.91 Å². The van der Waals surface area contributed by atoms with E-state index < -0.39 is 0 Å². The molecule has 3 aromatic rings. The van der Waals surface area contributed by atoms with Gasteiger partial charge >= 0.3 is 6.03 Å². The first-order valence-electron chi connectivity index (χ1n) is 9.30. The van der Waals surface area contributed by atoms with Gasteiger partial charge in [0.15, 0.2) is 0 Å². The van der Waals surface area contributed by atoms with Crippen LogP contribution in [0.3, 0.4) is 0 Å². The zero-order valence-electron chi connectivity index (χ0n) is 16.1. The Labute approximate surface area is 173 Å². The molecule has 0 fully saturated rings. The standard InChI is InChI=1S/C22H23N3O3S/c1-2-28-15-17-10-8-16(9-11-17)14-23-21(26)19-12-13-20(29-19)25-22(27)24-18-6-4-3-5-7-18/h3-13H,2,14-15H2,1H3,(H,23,26)(H2,24,25,27). The maximum absolute atomic E-state index is 12.4. The Morgan fingerprint density at radius 2 is 1.62 bits per heavy atom. The fourth-order valence-corrected chi connectivity index (χ4v) is 3.38. The minimum atomic E-state index is -0.350. The third-order valence-electron chi connectivity index (χ3n) is 4.05. The van der Waals surface area contributed by atoms with Crippen molar-refractivity contribution >= 4 is 34.0 Å². The van der Waals surface area contributed by atoms with Crippen LogP contribution in [0.1, 0.15) is 27.7 Å². The number of ether oxygens (including phenoxy) is 1. The zero-order chi connectivity index (χ0) is 20.5. The lowest BCUT2D eigenvalue weighted by molar-refractivity contribution is 0.0955. The van der Waals surface area contributed by atoms with E-state index in [0.717, 1.165) is 11.1 Å². The van der Waals surface area contributed by atoms with Crippen LogP contribution in [-0.4, -0.2) is 18.5 Å². The van der Waals surface area contributed by atoms with Gasteiger partial charge in [0.2, 0.25) is 0 Å². The molecule has 29 heavy (non-hydrogen) atoms. The number of carbonyl (C=O) groups excluding carboxylic acids is 2. The van der Waals surface area contributed by atoms with Gasteiger partial charge in [0.05, 0.1) is 16.5 Å². The van der Waals surface area contributed by atoms with Crippen molar-refractivity contribution in [2.24, 2.45) is 0 Å². The fourth-order valence-electron chi connectivity index (χ4n) is 2.57. The fraction of sp³-hybridized carbons (Fsp3) is 0.182. The summed E-state index contributed by atoms with van der Waals surface area (Å²) < 4.78 is 5.38. The summed E-state index contributed by atoms with van der Waals surface area (Å²) in [4.78, 5) is 24.9. The summed E-state index contributed by atoms with van der Waals surface area (Å²) in [5, 5.41) is 8.98. The molecule has 0 spiro atoms. The Hall–Kier alpha value is -3.16. The third kappa shape index (κ3) is 6.44. The predicted octanol–water partition coefficient (Wildman–Crippen LogP) is 4.86. The van der Waals surface area contributed by atoms with Gasteiger partial charge in [-0.1, -0.05) is 42.5 Å². The molecule has 0 aliphatic rings. The van der Waals surface area contributed by atoms with Crippen molar-refractivity contribution in [2.75, 3.05) is 17.2 Å². The number of thiophene rings is 1. The first-order valence-corrected chi connectivity index (χ1v) is 10.1. The summed E-state index contributed by atoms with van der Waals surface area (Å²) in [5.41, 5.74) is 2.81. The van der Waals surface area contributed by atoms with Crippen LogP contribution in [0.5, 0.6) is 0 Å². The quantitative estimate of drug-likeness (QED) is 0.497. The Morgan fingerprint density at radius 3 is 2.34 bits per heavy atom. The average molecular weight is 410 g/mol. The minimum absolute atomic E-state index is 0.176. The number of hydrogen-bond donors (Lipinski definition) is 3. The monoisotopic (exact) mass is 409 g/mol. The summed E-state index contributed by atoms with van der Waals surface area (Å²) in [7, 11) is 0. The lowest BCUT2D eigenvalue weighted by atomic mass is 10.1. The van der Waals surface area contributed by atoms with Gasteiger partial charge in [0, 0.05) is 18.8 Å². The molecule has 6 nitrogen and oxygen atoms in total. The normalized spacial score (nSPS) is 10.4. The Morgan fingerprint density at radius 1 is 0.897 bits per heavy atom. The van der Waals surface area contributed by atoms with Crippen LogP contribution in [0.25, 0.3) is 0 Å². The van der Waals surface area contributed by atoms with E-state index in [2.05, 4.69) is 16.0 Å². The highest BCUT2D eigenvalue weighted by Crippen LogP contribution is 2.22. The highest BCUT2D eigenvalue weighted by molar-refractivity contribution is 7.18. The highest BCUT2D eigenvalue weighted by Gasteiger charge is 2.11. The van der Waals surface area contributed by atoms with Gasteiger partial charge in [-0.25, -0.2) is 4.79 Å². The van der Waals surface area contributed by atoms with Crippen LogP contribution in [0, 0.1) is 0 Å². The second-order valence-corrected chi connectivity index (χ2v) is 7.33.